The lowest BCUT2D eigenvalue weighted by atomic mass is 10.1. The molecule has 0 fully saturated rings. The van der Waals surface area contributed by atoms with Crippen LogP contribution in [0.3, 0.4) is 0 Å². The summed E-state index contributed by atoms with van der Waals surface area (Å²) in [5.74, 6) is 0.601. The largest absolute Gasteiger partial charge is 0.351 e. The summed E-state index contributed by atoms with van der Waals surface area (Å²) in [5, 5.41) is 6.96. The van der Waals surface area contributed by atoms with Crippen LogP contribution in [-0.2, 0) is 11.3 Å². The zero-order chi connectivity index (χ0) is 14.4. The molecule has 2 aromatic rings. The van der Waals surface area contributed by atoms with E-state index < -0.39 is 6.04 Å². The quantitative estimate of drug-likeness (QED) is 0.822. The van der Waals surface area contributed by atoms with Crippen LogP contribution in [0.5, 0.6) is 0 Å². The van der Waals surface area contributed by atoms with E-state index in [0.29, 0.717) is 13.0 Å². The van der Waals surface area contributed by atoms with Crippen molar-refractivity contribution in [3.63, 3.8) is 0 Å². The fraction of sp³-hybridized carbons (Fsp3) is 0.357. The van der Waals surface area contributed by atoms with Crippen LogP contribution in [0.2, 0.25) is 0 Å². The van der Waals surface area contributed by atoms with Gasteiger partial charge in [-0.15, -0.1) is 0 Å². The molecule has 0 bridgehead atoms. The lowest BCUT2D eigenvalue weighted by Crippen LogP contribution is -2.40. The fourth-order valence-electron chi connectivity index (χ4n) is 1.86. The molecule has 0 aliphatic heterocycles. The number of hydrogen-bond acceptors (Lipinski definition) is 4. The molecule has 2 rings (SSSR count). The van der Waals surface area contributed by atoms with Crippen molar-refractivity contribution in [3.05, 3.63) is 42.4 Å². The van der Waals surface area contributed by atoms with Crippen molar-refractivity contribution in [2.24, 2.45) is 5.73 Å². The van der Waals surface area contributed by atoms with Crippen LogP contribution in [0.1, 0.15) is 25.3 Å². The predicted molar refractivity (Wildman–Crippen MR) is 76.1 cm³/mol. The zero-order valence-corrected chi connectivity index (χ0v) is 11.5. The van der Waals surface area contributed by atoms with Gasteiger partial charge >= 0.3 is 0 Å². The number of pyridine rings is 1. The second-order valence-electron chi connectivity index (χ2n) is 4.59. The van der Waals surface area contributed by atoms with E-state index >= 15 is 0 Å². The third kappa shape index (κ3) is 3.64. The molecule has 0 aliphatic rings. The normalized spacial score (nSPS) is 12.1. The van der Waals surface area contributed by atoms with Crippen LogP contribution in [-0.4, -0.2) is 26.7 Å². The molecule has 2 heterocycles. The topological polar surface area (TPSA) is 85.8 Å². The van der Waals surface area contributed by atoms with Crippen LogP contribution < -0.4 is 11.1 Å². The van der Waals surface area contributed by atoms with Crippen molar-refractivity contribution in [2.75, 3.05) is 0 Å². The number of hydrogen-bond donors (Lipinski definition) is 2. The highest BCUT2D eigenvalue weighted by atomic mass is 16.2. The highest BCUT2D eigenvalue weighted by Gasteiger charge is 2.11. The summed E-state index contributed by atoms with van der Waals surface area (Å²) in [6.07, 6.45) is 6.81. The van der Waals surface area contributed by atoms with Crippen molar-refractivity contribution in [1.29, 1.82) is 0 Å². The van der Waals surface area contributed by atoms with Gasteiger partial charge in [0, 0.05) is 25.1 Å². The first kappa shape index (κ1) is 14.2. The molecular formula is C14H19N5O. The van der Waals surface area contributed by atoms with Crippen molar-refractivity contribution < 1.29 is 4.79 Å². The summed E-state index contributed by atoms with van der Waals surface area (Å²) < 4.78 is 1.67. The average Bonchev–Trinajstić information content (AvgIpc) is 2.99. The molecule has 106 valence electrons. The van der Waals surface area contributed by atoms with Crippen LogP contribution in [0, 0.1) is 0 Å². The second-order valence-corrected chi connectivity index (χ2v) is 4.59. The Balaban J connectivity index is 1.97. The SMILES string of the molecule is CCCC(N)C(=O)NCc1ccnc(-n2cccn2)c1. The van der Waals surface area contributed by atoms with Crippen LogP contribution in [0.25, 0.3) is 5.82 Å². The van der Waals surface area contributed by atoms with Gasteiger partial charge in [-0.1, -0.05) is 13.3 Å². The number of amides is 1. The first-order valence-electron chi connectivity index (χ1n) is 6.69. The maximum atomic E-state index is 11.8. The van der Waals surface area contributed by atoms with Crippen LogP contribution in [0.4, 0.5) is 0 Å². The third-order valence-corrected chi connectivity index (χ3v) is 2.95. The molecule has 3 N–H and O–H groups in total. The molecule has 1 atom stereocenters. The molecule has 2 aromatic heterocycles. The Morgan fingerprint density at radius 2 is 2.35 bits per heavy atom. The van der Waals surface area contributed by atoms with Crippen LogP contribution >= 0.6 is 0 Å². The van der Waals surface area contributed by atoms with E-state index in [9.17, 15) is 4.79 Å². The van der Waals surface area contributed by atoms with Crippen molar-refractivity contribution >= 4 is 5.91 Å². The molecule has 0 aliphatic carbocycles. The average molecular weight is 273 g/mol. The van der Waals surface area contributed by atoms with Crippen LogP contribution in [0.15, 0.2) is 36.8 Å². The molecule has 6 heteroatoms. The minimum atomic E-state index is -0.438. The Hall–Kier alpha value is -2.21. The summed E-state index contributed by atoms with van der Waals surface area (Å²) in [4.78, 5) is 16.0. The highest BCUT2D eigenvalue weighted by Crippen LogP contribution is 2.06. The molecule has 6 nitrogen and oxygen atoms in total. The van der Waals surface area contributed by atoms with Crippen molar-refractivity contribution in [3.8, 4) is 5.82 Å². The lowest BCUT2D eigenvalue weighted by molar-refractivity contribution is -0.122. The van der Waals surface area contributed by atoms with Gasteiger partial charge in [0.2, 0.25) is 5.91 Å². The summed E-state index contributed by atoms with van der Waals surface area (Å²) in [7, 11) is 0. The van der Waals surface area contributed by atoms with E-state index in [1.165, 1.54) is 0 Å². The highest BCUT2D eigenvalue weighted by molar-refractivity contribution is 5.81. The Bertz CT molecular complexity index is 552. The van der Waals surface area contributed by atoms with E-state index in [1.807, 2.05) is 31.3 Å². The van der Waals surface area contributed by atoms with Gasteiger partial charge in [-0.2, -0.15) is 5.10 Å². The predicted octanol–water partition coefficient (Wildman–Crippen LogP) is 1.01. The summed E-state index contributed by atoms with van der Waals surface area (Å²) >= 11 is 0. The molecule has 0 radical (unpaired) electrons. The van der Waals surface area contributed by atoms with Gasteiger partial charge in [-0.25, -0.2) is 9.67 Å². The molecule has 0 aromatic carbocycles. The molecule has 0 spiro atoms. The number of carbonyl (C=O) groups is 1. The van der Waals surface area contributed by atoms with Gasteiger partial charge in [0.1, 0.15) is 0 Å². The number of nitrogens with one attached hydrogen (secondary N) is 1. The van der Waals surface area contributed by atoms with Gasteiger partial charge < -0.3 is 11.1 Å². The van der Waals surface area contributed by atoms with Crippen molar-refractivity contribution in [1.82, 2.24) is 20.1 Å². The standard InChI is InChI=1S/C14H19N5O/c1-2-4-12(15)14(20)17-10-11-5-7-16-13(9-11)19-8-3-6-18-19/h3,5-9,12H,2,4,10,15H2,1H3,(H,17,20). The summed E-state index contributed by atoms with van der Waals surface area (Å²) in [5.41, 5.74) is 6.72. The van der Waals surface area contributed by atoms with E-state index in [2.05, 4.69) is 15.4 Å². The molecule has 1 amide bonds. The minimum absolute atomic E-state index is 0.121. The second kappa shape index (κ2) is 6.81. The van der Waals surface area contributed by atoms with Crippen molar-refractivity contribution in [2.45, 2.75) is 32.4 Å². The number of rotatable bonds is 6. The molecule has 20 heavy (non-hydrogen) atoms. The number of aromatic nitrogens is 3. The van der Waals surface area contributed by atoms with E-state index in [0.717, 1.165) is 17.8 Å². The Kier molecular flexibility index (Phi) is 4.84. The zero-order valence-electron chi connectivity index (χ0n) is 11.5. The Morgan fingerprint density at radius 3 is 3.05 bits per heavy atom. The molecule has 0 saturated carbocycles. The lowest BCUT2D eigenvalue weighted by Gasteiger charge is -2.11. The van der Waals surface area contributed by atoms with Gasteiger partial charge in [0.05, 0.1) is 6.04 Å². The first-order valence-corrected chi connectivity index (χ1v) is 6.69. The Labute approximate surface area is 118 Å². The van der Waals surface area contributed by atoms with Gasteiger partial charge in [0.25, 0.3) is 0 Å². The van der Waals surface area contributed by atoms with Gasteiger partial charge in [-0.3, -0.25) is 4.79 Å². The Morgan fingerprint density at radius 1 is 1.50 bits per heavy atom. The molecular weight excluding hydrogens is 254 g/mol. The number of nitrogens with two attached hydrogens (primary N) is 1. The summed E-state index contributed by atoms with van der Waals surface area (Å²) in [6.45, 7) is 2.44. The fourth-order valence-corrected chi connectivity index (χ4v) is 1.86. The summed E-state index contributed by atoms with van der Waals surface area (Å²) in [6, 6.07) is 5.14. The number of carbonyl (C=O) groups excluding carboxylic acids is 1. The molecule has 1 unspecified atom stereocenters. The maximum Gasteiger partial charge on any atom is 0.237 e. The van der Waals surface area contributed by atoms with E-state index in [4.69, 9.17) is 5.73 Å². The molecule has 0 saturated heterocycles. The van der Waals surface area contributed by atoms with Gasteiger partial charge in [0.15, 0.2) is 5.82 Å². The third-order valence-electron chi connectivity index (χ3n) is 2.95. The van der Waals surface area contributed by atoms with E-state index in [1.54, 1.807) is 17.1 Å². The van der Waals surface area contributed by atoms with Gasteiger partial charge in [-0.05, 0) is 30.2 Å². The van der Waals surface area contributed by atoms with E-state index in [-0.39, 0.29) is 5.91 Å². The first-order chi connectivity index (χ1) is 9.70. The monoisotopic (exact) mass is 273 g/mol. The smallest absolute Gasteiger partial charge is 0.237 e. The maximum absolute atomic E-state index is 11.8. The number of nitrogens with zero attached hydrogens (tertiary/aromatic N) is 3. The minimum Gasteiger partial charge on any atom is -0.351 e.